The van der Waals surface area contributed by atoms with Crippen molar-refractivity contribution in [3.63, 3.8) is 0 Å². The first-order chi connectivity index (χ1) is 5.08. The van der Waals surface area contributed by atoms with E-state index >= 15 is 0 Å². The van der Waals surface area contributed by atoms with Gasteiger partial charge >= 0.3 is 51.4 Å². The first-order valence-corrected chi connectivity index (χ1v) is 6.86. The van der Waals surface area contributed by atoms with Crippen LogP contribution < -0.4 is 56.3 Å². The summed E-state index contributed by atoms with van der Waals surface area (Å²) in [6, 6.07) is 0. The standard InChI is InChI=1S/C6H15P.K.H3O3P.H2O/c1-4-7(5-2)6-3;;1-4(2)3;/h4-6H2,1-3H3;;4H,(H2,1,2,3);1H2/q;+1;;/p-1. The van der Waals surface area contributed by atoms with Crippen LogP contribution in [0.15, 0.2) is 0 Å². The molecule has 1 atom stereocenters. The fourth-order valence-corrected chi connectivity index (χ4v) is 2.01. The zero-order valence-electron chi connectivity index (χ0n) is 8.83. The molecule has 1 unspecified atom stereocenters. The van der Waals surface area contributed by atoms with E-state index < -0.39 is 8.25 Å². The van der Waals surface area contributed by atoms with Gasteiger partial charge in [-0.3, -0.25) is 0 Å². The van der Waals surface area contributed by atoms with Crippen LogP contribution in [0, 0.1) is 0 Å². The third kappa shape index (κ3) is 31.4. The Balaban J connectivity index is -0.0000000600. The molecule has 0 heterocycles. The molecule has 0 radical (unpaired) electrons. The number of rotatable bonds is 3. The molecule has 0 saturated heterocycles. The summed E-state index contributed by atoms with van der Waals surface area (Å²) in [5, 5.41) is 0. The Morgan fingerprint density at radius 1 is 1.23 bits per heavy atom. The van der Waals surface area contributed by atoms with Crippen molar-refractivity contribution in [2.45, 2.75) is 20.8 Å². The molecular weight excluding hydrogens is 237 g/mol. The van der Waals surface area contributed by atoms with E-state index in [0.717, 1.165) is 0 Å². The smallest absolute Gasteiger partial charge is 0.781 e. The summed E-state index contributed by atoms with van der Waals surface area (Å²) in [5.74, 6) is 0. The second kappa shape index (κ2) is 19.7. The van der Waals surface area contributed by atoms with Crippen LogP contribution in [0.3, 0.4) is 0 Å². The zero-order chi connectivity index (χ0) is 9.28. The molecule has 0 aromatic heterocycles. The van der Waals surface area contributed by atoms with Gasteiger partial charge in [-0.25, -0.2) is 0 Å². The maximum Gasteiger partial charge on any atom is 1.00 e. The van der Waals surface area contributed by atoms with Crippen molar-refractivity contribution < 1.29 is 71.2 Å². The Morgan fingerprint density at radius 3 is 1.38 bits per heavy atom. The Kier molecular flexibility index (Phi) is 37.0. The van der Waals surface area contributed by atoms with Crippen molar-refractivity contribution in [1.82, 2.24) is 0 Å². The molecular formula is C6H19KO4P2. The van der Waals surface area contributed by atoms with Crippen molar-refractivity contribution in [2.24, 2.45) is 0 Å². The molecule has 0 aliphatic carbocycles. The SMILES string of the molecule is CCP(CC)CC.O.O=[PH]([O-])O.[K+]. The average Bonchev–Trinajstić information content (AvgIpc) is 1.90. The summed E-state index contributed by atoms with van der Waals surface area (Å²) >= 11 is 0. The Bertz CT molecular complexity index is 91.1. The van der Waals surface area contributed by atoms with Gasteiger partial charge in [0.25, 0.3) is 0 Å². The number of hydrogen-bond acceptors (Lipinski definition) is 2. The first kappa shape index (κ1) is 24.4. The molecule has 0 aliphatic heterocycles. The van der Waals surface area contributed by atoms with Crippen LogP contribution in [0.1, 0.15) is 20.8 Å². The van der Waals surface area contributed by atoms with Crippen molar-refractivity contribution >= 4 is 16.2 Å². The van der Waals surface area contributed by atoms with E-state index in [2.05, 4.69) is 20.8 Å². The monoisotopic (exact) mass is 256 g/mol. The minimum atomic E-state index is -3.38. The average molecular weight is 256 g/mol. The van der Waals surface area contributed by atoms with Crippen LogP contribution in [0.5, 0.6) is 0 Å². The molecule has 0 fully saturated rings. The van der Waals surface area contributed by atoms with E-state index in [1.165, 1.54) is 18.5 Å². The van der Waals surface area contributed by atoms with Gasteiger partial charge in [0, 0.05) is 0 Å². The van der Waals surface area contributed by atoms with Gasteiger partial charge in [-0.05, 0) is 18.5 Å². The predicted octanol–water partition coefficient (Wildman–Crippen LogP) is -2.56. The van der Waals surface area contributed by atoms with E-state index in [9.17, 15) is 0 Å². The minimum absolute atomic E-state index is 0. The maximum atomic E-state index is 8.63. The normalized spacial score (nSPS) is 10.3. The largest absolute Gasteiger partial charge is 1.00 e. The third-order valence-electron chi connectivity index (χ3n) is 1.34. The van der Waals surface area contributed by atoms with Gasteiger partial charge in [0.05, 0.1) is 0 Å². The summed E-state index contributed by atoms with van der Waals surface area (Å²) < 4.78 is 8.63. The van der Waals surface area contributed by atoms with Crippen LogP contribution in [0.2, 0.25) is 0 Å². The van der Waals surface area contributed by atoms with E-state index in [1.807, 2.05) is 0 Å². The van der Waals surface area contributed by atoms with Gasteiger partial charge in [-0.15, -0.1) is 7.92 Å². The molecule has 0 amide bonds. The molecule has 13 heavy (non-hydrogen) atoms. The van der Waals surface area contributed by atoms with Gasteiger partial charge in [-0.2, -0.15) is 0 Å². The van der Waals surface area contributed by atoms with Crippen molar-refractivity contribution in [1.29, 1.82) is 0 Å². The van der Waals surface area contributed by atoms with Crippen LogP contribution in [-0.2, 0) is 4.57 Å². The van der Waals surface area contributed by atoms with Gasteiger partial charge in [-0.1, -0.05) is 20.8 Å². The number of hydrogen-bond donors (Lipinski definition) is 1. The fourth-order valence-electron chi connectivity index (χ4n) is 0.671. The van der Waals surface area contributed by atoms with Gasteiger partial charge in [0.2, 0.25) is 0 Å². The molecule has 0 bridgehead atoms. The second-order valence-electron chi connectivity index (χ2n) is 1.89. The van der Waals surface area contributed by atoms with E-state index in [-0.39, 0.29) is 56.9 Å². The summed E-state index contributed by atoms with van der Waals surface area (Å²) in [6.07, 6.45) is 4.26. The minimum Gasteiger partial charge on any atom is -0.781 e. The molecule has 0 aromatic carbocycles. The molecule has 3 N–H and O–H groups in total. The molecule has 0 rings (SSSR count). The van der Waals surface area contributed by atoms with Crippen LogP contribution in [0.4, 0.5) is 0 Å². The van der Waals surface area contributed by atoms with Crippen molar-refractivity contribution in [3.05, 3.63) is 0 Å². The summed E-state index contributed by atoms with van der Waals surface area (Å²) in [6.45, 7) is 6.87. The Hall–Kier alpha value is 2.18. The Labute approximate surface area is 125 Å². The summed E-state index contributed by atoms with van der Waals surface area (Å²) in [7, 11) is -2.93. The quantitative estimate of drug-likeness (QED) is 0.444. The van der Waals surface area contributed by atoms with Gasteiger partial charge in [0.1, 0.15) is 8.25 Å². The summed E-state index contributed by atoms with van der Waals surface area (Å²) in [5.41, 5.74) is 0. The van der Waals surface area contributed by atoms with Crippen LogP contribution in [0.25, 0.3) is 0 Å². The van der Waals surface area contributed by atoms with Crippen molar-refractivity contribution in [2.75, 3.05) is 18.5 Å². The molecule has 78 valence electrons. The predicted molar refractivity (Wildman–Crippen MR) is 53.4 cm³/mol. The third-order valence-corrected chi connectivity index (χ3v) is 4.02. The van der Waals surface area contributed by atoms with E-state index in [0.29, 0.717) is 7.92 Å². The van der Waals surface area contributed by atoms with Gasteiger partial charge < -0.3 is 19.8 Å². The molecule has 0 aliphatic rings. The van der Waals surface area contributed by atoms with Gasteiger partial charge in [0.15, 0.2) is 0 Å². The molecule has 0 saturated carbocycles. The zero-order valence-corrected chi connectivity index (χ0v) is 13.8. The molecule has 7 heteroatoms. The molecule has 0 aromatic rings. The van der Waals surface area contributed by atoms with E-state index in [4.69, 9.17) is 14.4 Å². The summed E-state index contributed by atoms with van der Waals surface area (Å²) in [4.78, 5) is 15.7. The molecule has 0 spiro atoms. The first-order valence-electron chi connectivity index (χ1n) is 3.70. The Morgan fingerprint density at radius 2 is 1.38 bits per heavy atom. The van der Waals surface area contributed by atoms with Crippen LogP contribution in [-0.4, -0.2) is 28.9 Å². The van der Waals surface area contributed by atoms with Crippen LogP contribution >= 0.6 is 16.2 Å². The molecule has 4 nitrogen and oxygen atoms in total. The fraction of sp³-hybridized carbons (Fsp3) is 1.00. The van der Waals surface area contributed by atoms with E-state index in [1.54, 1.807) is 0 Å². The topological polar surface area (TPSA) is 91.9 Å². The maximum absolute atomic E-state index is 8.63. The van der Waals surface area contributed by atoms with Crippen molar-refractivity contribution in [3.8, 4) is 0 Å². The second-order valence-corrected chi connectivity index (χ2v) is 5.66.